The molecule has 0 spiro atoms. The van der Waals surface area contributed by atoms with Crippen molar-refractivity contribution in [2.75, 3.05) is 0 Å². The van der Waals surface area contributed by atoms with E-state index in [1.165, 1.54) is 24.5 Å². The van der Waals surface area contributed by atoms with Crippen LogP contribution < -0.4 is 5.32 Å². The Morgan fingerprint density at radius 2 is 2.53 bits per heavy atom. The molecule has 0 aliphatic heterocycles. The second-order valence-electron chi connectivity index (χ2n) is 3.87. The van der Waals surface area contributed by atoms with E-state index in [1.54, 1.807) is 0 Å². The fraction of sp³-hybridized carbons (Fsp3) is 0.455. The maximum absolute atomic E-state index is 11.1. The normalized spacial score (nSPS) is 15.0. The fourth-order valence-electron chi connectivity index (χ4n) is 1.67. The summed E-state index contributed by atoms with van der Waals surface area (Å²) in [6.45, 7) is 3.95. The number of nitrogens with zero attached hydrogens (tertiary/aromatic N) is 2. The third kappa shape index (κ3) is 2.09. The fourth-order valence-corrected chi connectivity index (χ4v) is 1.67. The van der Waals surface area contributed by atoms with Gasteiger partial charge in [-0.3, -0.25) is 9.48 Å². The van der Waals surface area contributed by atoms with E-state index < -0.39 is 0 Å². The lowest BCUT2D eigenvalue weighted by molar-refractivity contribution is -0.116. The van der Waals surface area contributed by atoms with Crippen molar-refractivity contribution in [3.8, 4) is 0 Å². The summed E-state index contributed by atoms with van der Waals surface area (Å²) < 4.78 is 1.83. The SMILES string of the molecule is C=CC(=O)NCc1c(C2CC2)cnn1C. The van der Waals surface area contributed by atoms with Crippen LogP contribution in [0.1, 0.15) is 30.0 Å². The van der Waals surface area contributed by atoms with Gasteiger partial charge >= 0.3 is 0 Å². The van der Waals surface area contributed by atoms with Crippen LogP contribution in [0.3, 0.4) is 0 Å². The predicted octanol–water partition coefficient (Wildman–Crippen LogP) is 1.10. The summed E-state index contributed by atoms with van der Waals surface area (Å²) in [4.78, 5) is 11.1. The van der Waals surface area contributed by atoms with Gasteiger partial charge in [0.05, 0.1) is 18.4 Å². The van der Waals surface area contributed by atoms with Crippen LogP contribution in [-0.4, -0.2) is 15.7 Å². The van der Waals surface area contributed by atoms with Gasteiger partial charge in [0.1, 0.15) is 0 Å². The molecule has 1 heterocycles. The highest BCUT2D eigenvalue weighted by Crippen LogP contribution is 2.41. The number of hydrogen-bond acceptors (Lipinski definition) is 2. The molecule has 1 aliphatic rings. The van der Waals surface area contributed by atoms with Crippen LogP contribution in [0.2, 0.25) is 0 Å². The van der Waals surface area contributed by atoms with Crippen LogP contribution in [0.4, 0.5) is 0 Å². The van der Waals surface area contributed by atoms with Crippen LogP contribution in [0.5, 0.6) is 0 Å². The molecule has 15 heavy (non-hydrogen) atoms. The summed E-state index contributed by atoms with van der Waals surface area (Å²) >= 11 is 0. The van der Waals surface area contributed by atoms with Gasteiger partial charge in [0.25, 0.3) is 0 Å². The minimum absolute atomic E-state index is 0.141. The van der Waals surface area contributed by atoms with Crippen LogP contribution in [-0.2, 0) is 18.4 Å². The zero-order valence-electron chi connectivity index (χ0n) is 8.86. The standard InChI is InChI=1S/C11H15N3O/c1-3-11(15)12-7-10-9(8-4-5-8)6-13-14(10)2/h3,6,8H,1,4-5,7H2,2H3,(H,12,15). The smallest absolute Gasteiger partial charge is 0.243 e. The number of carbonyl (C=O) groups is 1. The van der Waals surface area contributed by atoms with Gasteiger partial charge in [0, 0.05) is 7.05 Å². The molecular weight excluding hydrogens is 190 g/mol. The Labute approximate surface area is 89.0 Å². The monoisotopic (exact) mass is 205 g/mol. The average Bonchev–Trinajstić information content (AvgIpc) is 3.01. The molecule has 1 aromatic heterocycles. The number of amides is 1. The minimum atomic E-state index is -0.141. The number of nitrogens with one attached hydrogen (secondary N) is 1. The molecule has 0 atom stereocenters. The summed E-state index contributed by atoms with van der Waals surface area (Å²) in [7, 11) is 1.90. The van der Waals surface area contributed by atoms with Gasteiger partial charge in [-0.2, -0.15) is 5.10 Å². The van der Waals surface area contributed by atoms with Crippen molar-refractivity contribution in [1.82, 2.24) is 15.1 Å². The highest BCUT2D eigenvalue weighted by atomic mass is 16.1. The van der Waals surface area contributed by atoms with Gasteiger partial charge in [0.2, 0.25) is 5.91 Å². The molecule has 1 N–H and O–H groups in total. The first kappa shape index (κ1) is 9.96. The summed E-state index contributed by atoms with van der Waals surface area (Å²) in [5, 5.41) is 7.00. The Kier molecular flexibility index (Phi) is 2.58. The van der Waals surface area contributed by atoms with E-state index in [9.17, 15) is 4.79 Å². The molecule has 4 heteroatoms. The lowest BCUT2D eigenvalue weighted by atomic mass is 10.1. The molecule has 1 fully saturated rings. The van der Waals surface area contributed by atoms with Gasteiger partial charge < -0.3 is 5.32 Å². The Morgan fingerprint density at radius 3 is 3.13 bits per heavy atom. The molecule has 1 amide bonds. The molecule has 0 aromatic carbocycles. The Morgan fingerprint density at radius 1 is 1.80 bits per heavy atom. The summed E-state index contributed by atoms with van der Waals surface area (Å²) in [5.41, 5.74) is 2.38. The van der Waals surface area contributed by atoms with Crippen molar-refractivity contribution in [2.24, 2.45) is 7.05 Å². The summed E-state index contributed by atoms with van der Waals surface area (Å²) in [6, 6.07) is 0. The van der Waals surface area contributed by atoms with Crippen molar-refractivity contribution in [3.63, 3.8) is 0 Å². The molecular formula is C11H15N3O. The lowest BCUT2D eigenvalue weighted by Crippen LogP contribution is -2.22. The molecule has 0 saturated heterocycles. The number of carbonyl (C=O) groups excluding carboxylic acids is 1. The van der Waals surface area contributed by atoms with E-state index >= 15 is 0 Å². The summed E-state index contributed by atoms with van der Waals surface area (Å²) in [6.07, 6.45) is 5.68. The zero-order chi connectivity index (χ0) is 10.8. The third-order valence-corrected chi connectivity index (χ3v) is 2.73. The number of rotatable bonds is 4. The first-order valence-electron chi connectivity index (χ1n) is 5.13. The Balaban J connectivity index is 2.08. The Bertz CT molecular complexity index is 391. The van der Waals surface area contributed by atoms with Gasteiger partial charge in [-0.1, -0.05) is 6.58 Å². The van der Waals surface area contributed by atoms with Gasteiger partial charge in [-0.25, -0.2) is 0 Å². The van der Waals surface area contributed by atoms with E-state index in [4.69, 9.17) is 0 Å². The maximum atomic E-state index is 11.1. The molecule has 4 nitrogen and oxygen atoms in total. The summed E-state index contributed by atoms with van der Waals surface area (Å²) in [5.74, 6) is 0.521. The molecule has 2 rings (SSSR count). The predicted molar refractivity (Wildman–Crippen MR) is 57.2 cm³/mol. The first-order chi connectivity index (χ1) is 7.22. The van der Waals surface area contributed by atoms with Crippen LogP contribution in [0.15, 0.2) is 18.9 Å². The van der Waals surface area contributed by atoms with E-state index in [0.717, 1.165) is 5.69 Å². The van der Waals surface area contributed by atoms with Crippen molar-refractivity contribution in [1.29, 1.82) is 0 Å². The van der Waals surface area contributed by atoms with Crippen molar-refractivity contribution < 1.29 is 4.79 Å². The second-order valence-corrected chi connectivity index (χ2v) is 3.87. The minimum Gasteiger partial charge on any atom is -0.347 e. The largest absolute Gasteiger partial charge is 0.347 e. The molecule has 1 aromatic rings. The molecule has 0 bridgehead atoms. The number of hydrogen-bond donors (Lipinski definition) is 1. The quantitative estimate of drug-likeness (QED) is 0.748. The highest BCUT2D eigenvalue weighted by molar-refractivity contribution is 5.86. The second kappa shape index (κ2) is 3.88. The van der Waals surface area contributed by atoms with E-state index in [0.29, 0.717) is 12.5 Å². The zero-order valence-corrected chi connectivity index (χ0v) is 8.86. The highest BCUT2D eigenvalue weighted by Gasteiger charge is 2.28. The van der Waals surface area contributed by atoms with Gasteiger partial charge in [-0.15, -0.1) is 0 Å². The first-order valence-corrected chi connectivity index (χ1v) is 5.13. The van der Waals surface area contributed by atoms with E-state index in [-0.39, 0.29) is 5.91 Å². The van der Waals surface area contributed by atoms with Crippen LogP contribution in [0, 0.1) is 0 Å². The van der Waals surface area contributed by atoms with Crippen LogP contribution >= 0.6 is 0 Å². The molecule has 0 radical (unpaired) electrons. The van der Waals surface area contributed by atoms with Crippen molar-refractivity contribution in [2.45, 2.75) is 25.3 Å². The van der Waals surface area contributed by atoms with E-state index in [2.05, 4.69) is 17.0 Å². The average molecular weight is 205 g/mol. The molecule has 1 saturated carbocycles. The molecule has 80 valence electrons. The Hall–Kier alpha value is -1.58. The maximum Gasteiger partial charge on any atom is 0.243 e. The van der Waals surface area contributed by atoms with Gasteiger partial charge in [-0.05, 0) is 30.4 Å². The van der Waals surface area contributed by atoms with Crippen molar-refractivity contribution >= 4 is 5.91 Å². The third-order valence-electron chi connectivity index (χ3n) is 2.73. The number of aryl methyl sites for hydroxylation is 1. The topological polar surface area (TPSA) is 46.9 Å². The van der Waals surface area contributed by atoms with Gasteiger partial charge in [0.15, 0.2) is 0 Å². The lowest BCUT2D eigenvalue weighted by Gasteiger charge is -2.05. The van der Waals surface area contributed by atoms with Crippen LogP contribution in [0.25, 0.3) is 0 Å². The van der Waals surface area contributed by atoms with Crippen molar-refractivity contribution in [3.05, 3.63) is 30.1 Å². The molecule has 0 unspecified atom stereocenters. The molecule has 1 aliphatic carbocycles. The van der Waals surface area contributed by atoms with E-state index in [1.807, 2.05) is 17.9 Å². The number of aromatic nitrogens is 2.